The number of rotatable bonds is 1. The van der Waals surface area contributed by atoms with E-state index in [4.69, 9.17) is 4.74 Å². The van der Waals surface area contributed by atoms with Crippen molar-refractivity contribution in [3.8, 4) is 0 Å². The van der Waals surface area contributed by atoms with Crippen LogP contribution in [-0.2, 0) is 14.3 Å². The minimum Gasteiger partial charge on any atom is -0.481 e. The van der Waals surface area contributed by atoms with Gasteiger partial charge in [0.2, 0.25) is 0 Å². The molecule has 1 spiro atoms. The van der Waals surface area contributed by atoms with Gasteiger partial charge in [-0.15, -0.1) is 0 Å². The second-order valence-electron chi connectivity index (χ2n) is 9.07. The Hall–Kier alpha value is -1.36. The van der Waals surface area contributed by atoms with Crippen LogP contribution in [0.25, 0.3) is 0 Å². The first-order valence-electron chi connectivity index (χ1n) is 9.09. The zero-order valence-corrected chi connectivity index (χ0v) is 14.0. The smallest absolute Gasteiger partial charge is 0.315 e. The Morgan fingerprint density at radius 2 is 2.08 bits per heavy atom. The number of aliphatic hydroxyl groups is 1. The summed E-state index contributed by atoms with van der Waals surface area (Å²) >= 11 is 0. The van der Waals surface area contributed by atoms with Crippen molar-refractivity contribution in [1.29, 1.82) is 0 Å². The summed E-state index contributed by atoms with van der Waals surface area (Å²) in [5, 5.41) is 20.8. The quantitative estimate of drug-likeness (QED) is 0.568. The molecule has 5 heteroatoms. The summed E-state index contributed by atoms with van der Waals surface area (Å²) in [4.78, 5) is 25.1. The van der Waals surface area contributed by atoms with Gasteiger partial charge < -0.3 is 14.9 Å². The van der Waals surface area contributed by atoms with Crippen LogP contribution >= 0.6 is 0 Å². The van der Waals surface area contributed by atoms with E-state index in [-0.39, 0.29) is 11.3 Å². The van der Waals surface area contributed by atoms with Crippen molar-refractivity contribution in [3.05, 3.63) is 12.2 Å². The van der Waals surface area contributed by atoms with Crippen LogP contribution in [-0.4, -0.2) is 33.9 Å². The average molecular weight is 332 g/mol. The molecule has 5 rings (SSSR count). The van der Waals surface area contributed by atoms with Crippen LogP contribution in [0.3, 0.4) is 0 Å². The monoisotopic (exact) mass is 332 g/mol. The van der Waals surface area contributed by atoms with Gasteiger partial charge >= 0.3 is 11.9 Å². The number of carboxylic acid groups (broad SMARTS) is 1. The Morgan fingerprint density at radius 1 is 1.33 bits per heavy atom. The van der Waals surface area contributed by atoms with E-state index in [2.05, 4.69) is 6.58 Å². The fraction of sp³-hybridized carbons (Fsp3) is 0.789. The second kappa shape index (κ2) is 4.06. The fourth-order valence-electron chi connectivity index (χ4n) is 7.66. The first-order chi connectivity index (χ1) is 11.3. The Labute approximate surface area is 141 Å². The Kier molecular flexibility index (Phi) is 2.53. The van der Waals surface area contributed by atoms with Crippen LogP contribution in [0.15, 0.2) is 12.2 Å². The standard InChI is InChI=1S/C19H24O5/c1-9-7-18-8-10(9)3-4-11(18)19-6-5-12(20)17(2,16(23)24-19)14(19)13(18)15(21)22/h10-14,20H,1,3-8H2,2H3,(H,21,22)/t10?,11-,12?,13-,14-,17+,18+,19?/m1/s1. The zero-order chi connectivity index (χ0) is 17.1. The first-order valence-corrected chi connectivity index (χ1v) is 9.09. The summed E-state index contributed by atoms with van der Waals surface area (Å²) in [6.07, 6.45) is 3.81. The van der Waals surface area contributed by atoms with E-state index in [1.807, 2.05) is 0 Å². The van der Waals surface area contributed by atoms with Crippen molar-refractivity contribution in [3.63, 3.8) is 0 Å². The maximum absolute atomic E-state index is 12.7. The summed E-state index contributed by atoms with van der Waals surface area (Å²) in [5.41, 5.74) is -0.953. The highest BCUT2D eigenvalue weighted by atomic mass is 16.6. The molecule has 5 aliphatic rings. The van der Waals surface area contributed by atoms with Crippen LogP contribution < -0.4 is 0 Å². The van der Waals surface area contributed by atoms with Gasteiger partial charge in [0, 0.05) is 11.8 Å². The lowest BCUT2D eigenvalue weighted by Gasteiger charge is -2.44. The molecule has 24 heavy (non-hydrogen) atoms. The van der Waals surface area contributed by atoms with Gasteiger partial charge in [0.15, 0.2) is 0 Å². The third kappa shape index (κ3) is 1.29. The molecule has 0 amide bonds. The predicted octanol–water partition coefficient (Wildman–Crippen LogP) is 2.14. The molecule has 5 nitrogen and oxygen atoms in total. The zero-order valence-electron chi connectivity index (χ0n) is 14.0. The Balaban J connectivity index is 1.76. The van der Waals surface area contributed by atoms with E-state index in [9.17, 15) is 19.8 Å². The van der Waals surface area contributed by atoms with Crippen LogP contribution in [0, 0.1) is 34.5 Å². The van der Waals surface area contributed by atoms with E-state index in [1.165, 1.54) is 5.57 Å². The average Bonchev–Trinajstić information content (AvgIpc) is 2.98. The molecule has 0 radical (unpaired) electrons. The third-order valence-corrected chi connectivity index (χ3v) is 8.46. The molecule has 8 atom stereocenters. The summed E-state index contributed by atoms with van der Waals surface area (Å²) in [7, 11) is 0. The van der Waals surface area contributed by atoms with Crippen LogP contribution in [0.2, 0.25) is 0 Å². The van der Waals surface area contributed by atoms with Crippen LogP contribution in [0.5, 0.6) is 0 Å². The number of esters is 1. The molecular weight excluding hydrogens is 308 g/mol. The number of allylic oxidation sites excluding steroid dienone is 1. The molecule has 0 aromatic heterocycles. The van der Waals surface area contributed by atoms with Crippen molar-refractivity contribution < 1.29 is 24.5 Å². The maximum Gasteiger partial charge on any atom is 0.315 e. The number of aliphatic hydroxyl groups excluding tert-OH is 1. The highest BCUT2D eigenvalue weighted by Crippen LogP contribution is 2.77. The van der Waals surface area contributed by atoms with Crippen molar-refractivity contribution in [2.75, 3.05) is 0 Å². The number of hydrogen-bond donors (Lipinski definition) is 2. The van der Waals surface area contributed by atoms with E-state index < -0.39 is 40.9 Å². The summed E-state index contributed by atoms with van der Waals surface area (Å²) < 4.78 is 6.01. The van der Waals surface area contributed by atoms with Crippen LogP contribution in [0.1, 0.15) is 45.4 Å². The van der Waals surface area contributed by atoms with Gasteiger partial charge in [0.25, 0.3) is 0 Å². The molecule has 1 saturated heterocycles. The van der Waals surface area contributed by atoms with E-state index in [1.54, 1.807) is 6.92 Å². The van der Waals surface area contributed by atoms with Gasteiger partial charge in [-0.05, 0) is 56.8 Å². The molecular formula is C19H24O5. The first kappa shape index (κ1) is 14.9. The Bertz CT molecular complexity index is 685. The third-order valence-electron chi connectivity index (χ3n) is 8.46. The number of carbonyl (C=O) groups excluding carboxylic acids is 1. The molecule has 4 bridgehead atoms. The Morgan fingerprint density at radius 3 is 2.79 bits per heavy atom. The topological polar surface area (TPSA) is 83.8 Å². The van der Waals surface area contributed by atoms with E-state index in [0.29, 0.717) is 18.8 Å². The molecule has 1 heterocycles. The predicted molar refractivity (Wildman–Crippen MR) is 83.8 cm³/mol. The molecule has 130 valence electrons. The minimum atomic E-state index is -1.09. The number of hydrogen-bond acceptors (Lipinski definition) is 4. The van der Waals surface area contributed by atoms with Crippen molar-refractivity contribution >= 4 is 11.9 Å². The lowest BCUT2D eigenvalue weighted by atomic mass is 9.59. The SMILES string of the molecule is C=C1C[C@]23CC1CC[C@H]2C12CCC(O)[C@](C)(C(=O)O1)[C@H]2[C@@H]3C(=O)O. The molecule has 4 aliphatic carbocycles. The van der Waals surface area contributed by atoms with Crippen molar-refractivity contribution in [2.24, 2.45) is 34.5 Å². The van der Waals surface area contributed by atoms with Gasteiger partial charge in [-0.2, -0.15) is 0 Å². The molecule has 5 fully saturated rings. The molecule has 2 N–H and O–H groups in total. The fourth-order valence-corrected chi connectivity index (χ4v) is 7.66. The summed E-state index contributed by atoms with van der Waals surface area (Å²) in [6.45, 7) is 5.95. The highest BCUT2D eigenvalue weighted by molar-refractivity contribution is 5.85. The molecule has 0 aromatic carbocycles. The number of ether oxygens (including phenoxy) is 1. The van der Waals surface area contributed by atoms with Crippen molar-refractivity contribution in [2.45, 2.75) is 57.2 Å². The number of carbonyl (C=O) groups is 2. The summed E-state index contributed by atoms with van der Waals surface area (Å²) in [5.74, 6) is -1.78. The van der Waals surface area contributed by atoms with Crippen LogP contribution in [0.4, 0.5) is 0 Å². The van der Waals surface area contributed by atoms with Gasteiger partial charge in [-0.3, -0.25) is 9.59 Å². The molecule has 0 aromatic rings. The highest BCUT2D eigenvalue weighted by Gasteiger charge is 2.83. The lowest BCUT2D eigenvalue weighted by Crippen LogP contribution is -2.53. The van der Waals surface area contributed by atoms with Crippen molar-refractivity contribution in [1.82, 2.24) is 0 Å². The number of fused-ring (bicyclic) bond motifs is 1. The molecule has 3 unspecified atom stereocenters. The van der Waals surface area contributed by atoms with E-state index >= 15 is 0 Å². The van der Waals surface area contributed by atoms with Gasteiger partial charge in [-0.1, -0.05) is 12.2 Å². The maximum atomic E-state index is 12.7. The lowest BCUT2D eigenvalue weighted by molar-refractivity contribution is -0.162. The van der Waals surface area contributed by atoms with E-state index in [0.717, 1.165) is 25.7 Å². The number of carboxylic acids is 1. The normalized spacial score (nSPS) is 57.5. The summed E-state index contributed by atoms with van der Waals surface area (Å²) in [6, 6.07) is 0. The second-order valence-corrected chi connectivity index (χ2v) is 9.07. The largest absolute Gasteiger partial charge is 0.481 e. The van der Waals surface area contributed by atoms with Gasteiger partial charge in [0.1, 0.15) is 5.60 Å². The molecule has 4 saturated carbocycles. The van der Waals surface area contributed by atoms with Gasteiger partial charge in [-0.25, -0.2) is 0 Å². The van der Waals surface area contributed by atoms with Gasteiger partial charge in [0.05, 0.1) is 17.4 Å². The molecule has 1 aliphatic heterocycles. The number of aliphatic carboxylic acids is 1. The minimum absolute atomic E-state index is 0.0878.